The lowest BCUT2D eigenvalue weighted by molar-refractivity contribution is -0.142. The van der Waals surface area contributed by atoms with E-state index in [1.54, 1.807) is 16.9 Å². The van der Waals surface area contributed by atoms with Gasteiger partial charge in [-0.25, -0.2) is 0 Å². The molecule has 1 fully saturated rings. The number of aromatic nitrogens is 4. The van der Waals surface area contributed by atoms with Crippen molar-refractivity contribution < 1.29 is 18.0 Å². The van der Waals surface area contributed by atoms with Crippen molar-refractivity contribution >= 4 is 27.7 Å². The molecule has 1 aliphatic rings. The van der Waals surface area contributed by atoms with Gasteiger partial charge in [0.2, 0.25) is 5.91 Å². The molecule has 30 heavy (non-hydrogen) atoms. The number of hydrogen-bond donors (Lipinski definition) is 1. The van der Waals surface area contributed by atoms with Gasteiger partial charge in [-0.2, -0.15) is 23.4 Å². The van der Waals surface area contributed by atoms with Crippen LogP contribution in [-0.4, -0.2) is 25.5 Å². The fourth-order valence-corrected chi connectivity index (χ4v) is 4.13. The lowest BCUT2D eigenvalue weighted by Gasteiger charge is -2.07. The van der Waals surface area contributed by atoms with Gasteiger partial charge >= 0.3 is 6.18 Å². The van der Waals surface area contributed by atoms with E-state index in [9.17, 15) is 18.0 Å². The van der Waals surface area contributed by atoms with Crippen molar-refractivity contribution in [3.05, 3.63) is 63.5 Å². The van der Waals surface area contributed by atoms with Crippen molar-refractivity contribution in [2.75, 3.05) is 5.32 Å². The van der Waals surface area contributed by atoms with Gasteiger partial charge in [-0.1, -0.05) is 24.3 Å². The van der Waals surface area contributed by atoms with Gasteiger partial charge in [0.25, 0.3) is 0 Å². The number of aryl methyl sites for hydroxylation is 1. The second-order valence-corrected chi connectivity index (χ2v) is 8.14. The molecular formula is C20H19BrF3N5O. The van der Waals surface area contributed by atoms with E-state index in [1.807, 2.05) is 31.2 Å². The number of nitrogens with one attached hydrogen (secondary N) is 1. The van der Waals surface area contributed by atoms with E-state index in [2.05, 4.69) is 31.4 Å². The zero-order valence-corrected chi connectivity index (χ0v) is 17.7. The molecule has 1 aromatic carbocycles. The third-order valence-electron chi connectivity index (χ3n) is 4.96. The molecule has 6 nitrogen and oxygen atoms in total. The van der Waals surface area contributed by atoms with Crippen LogP contribution >= 0.6 is 15.9 Å². The van der Waals surface area contributed by atoms with Gasteiger partial charge < -0.3 is 5.32 Å². The highest BCUT2D eigenvalue weighted by Crippen LogP contribution is 2.46. The first-order valence-corrected chi connectivity index (χ1v) is 10.2. The summed E-state index contributed by atoms with van der Waals surface area (Å²) in [6, 6.07) is 9.57. The number of carbonyl (C=O) groups is 1. The maximum absolute atomic E-state index is 13.2. The zero-order valence-electron chi connectivity index (χ0n) is 16.1. The van der Waals surface area contributed by atoms with Crippen LogP contribution in [0.25, 0.3) is 0 Å². The lowest BCUT2D eigenvalue weighted by atomic mass is 10.1. The monoisotopic (exact) mass is 481 g/mol. The van der Waals surface area contributed by atoms with E-state index >= 15 is 0 Å². The summed E-state index contributed by atoms with van der Waals surface area (Å²) in [5.41, 5.74) is 1.66. The summed E-state index contributed by atoms with van der Waals surface area (Å²) < 4.78 is 42.4. The molecule has 1 aliphatic carbocycles. The Morgan fingerprint density at radius 1 is 1.23 bits per heavy atom. The Morgan fingerprint density at radius 3 is 2.63 bits per heavy atom. The van der Waals surface area contributed by atoms with Gasteiger partial charge in [0.15, 0.2) is 11.5 Å². The maximum atomic E-state index is 13.2. The standard InChI is InChI=1S/C20H19BrF3N5O/c1-12-4-2-3-5-14(12)10-28-9-8-15(26-28)25-16(30)11-29-18(13-6-7-13)17(21)19(27-29)20(22,23)24/h2-5,8-9,13H,6-7,10-11H2,1H3,(H,25,26,30). The van der Waals surface area contributed by atoms with Gasteiger partial charge in [-0.3, -0.25) is 14.2 Å². The molecule has 0 unspecified atom stereocenters. The number of alkyl halides is 3. The minimum Gasteiger partial charge on any atom is -0.308 e. The molecule has 2 aromatic heterocycles. The molecule has 1 saturated carbocycles. The second kappa shape index (κ2) is 7.90. The van der Waals surface area contributed by atoms with E-state index in [0.29, 0.717) is 18.1 Å². The Bertz CT molecular complexity index is 1080. The Hall–Kier alpha value is -2.62. The molecule has 1 amide bonds. The first kappa shape index (κ1) is 20.6. The van der Waals surface area contributed by atoms with Crippen LogP contribution in [0.4, 0.5) is 19.0 Å². The molecule has 0 atom stereocenters. The largest absolute Gasteiger partial charge is 0.436 e. The summed E-state index contributed by atoms with van der Waals surface area (Å²) >= 11 is 3.03. The van der Waals surface area contributed by atoms with Crippen LogP contribution in [0.1, 0.15) is 41.3 Å². The first-order chi connectivity index (χ1) is 14.2. The Kier molecular flexibility index (Phi) is 5.44. The number of anilines is 1. The first-order valence-electron chi connectivity index (χ1n) is 9.43. The van der Waals surface area contributed by atoms with Crippen molar-refractivity contribution in [2.24, 2.45) is 0 Å². The van der Waals surface area contributed by atoms with Gasteiger partial charge in [0.1, 0.15) is 6.54 Å². The summed E-state index contributed by atoms with van der Waals surface area (Å²) in [6.07, 6.45) is -1.28. The average molecular weight is 482 g/mol. The van der Waals surface area contributed by atoms with Crippen LogP contribution < -0.4 is 5.32 Å². The predicted octanol–water partition coefficient (Wildman–Crippen LogP) is 4.73. The molecular weight excluding hydrogens is 463 g/mol. The topological polar surface area (TPSA) is 64.7 Å². The lowest BCUT2D eigenvalue weighted by Crippen LogP contribution is -2.21. The quantitative estimate of drug-likeness (QED) is 0.553. The Labute approximate surface area is 179 Å². The van der Waals surface area contributed by atoms with Crippen LogP contribution in [0.5, 0.6) is 0 Å². The van der Waals surface area contributed by atoms with E-state index < -0.39 is 17.8 Å². The zero-order chi connectivity index (χ0) is 21.5. The van der Waals surface area contributed by atoms with Gasteiger partial charge in [0.05, 0.1) is 16.7 Å². The number of benzene rings is 1. The summed E-state index contributed by atoms with van der Waals surface area (Å²) in [6.45, 7) is 2.25. The minimum atomic E-state index is -4.58. The normalized spacial score (nSPS) is 14.2. The van der Waals surface area contributed by atoms with Crippen molar-refractivity contribution in [3.8, 4) is 0 Å². The molecule has 0 bridgehead atoms. The molecule has 1 N–H and O–H groups in total. The third kappa shape index (κ3) is 4.43. The fraction of sp³-hybridized carbons (Fsp3) is 0.350. The smallest absolute Gasteiger partial charge is 0.308 e. The maximum Gasteiger partial charge on any atom is 0.436 e. The van der Waals surface area contributed by atoms with E-state index in [0.717, 1.165) is 28.7 Å². The molecule has 0 radical (unpaired) electrons. The molecule has 0 spiro atoms. The molecule has 4 rings (SSSR count). The fourth-order valence-electron chi connectivity index (χ4n) is 3.30. The van der Waals surface area contributed by atoms with Crippen LogP contribution in [0.15, 0.2) is 41.0 Å². The number of carbonyl (C=O) groups excluding carboxylic acids is 1. The summed E-state index contributed by atoms with van der Waals surface area (Å²) in [4.78, 5) is 12.5. The molecule has 0 aliphatic heterocycles. The van der Waals surface area contributed by atoms with Crippen molar-refractivity contribution in [2.45, 2.75) is 44.9 Å². The number of halogens is 4. The Balaban J connectivity index is 1.46. The van der Waals surface area contributed by atoms with Crippen LogP contribution in [-0.2, 0) is 24.1 Å². The molecule has 0 saturated heterocycles. The van der Waals surface area contributed by atoms with E-state index in [1.165, 1.54) is 0 Å². The number of nitrogens with zero attached hydrogens (tertiary/aromatic N) is 4. The average Bonchev–Trinajstić information content (AvgIpc) is 3.31. The molecule has 158 valence electrons. The highest BCUT2D eigenvalue weighted by atomic mass is 79.9. The number of rotatable bonds is 6. The number of amides is 1. The number of hydrogen-bond acceptors (Lipinski definition) is 3. The predicted molar refractivity (Wildman–Crippen MR) is 108 cm³/mol. The molecule has 2 heterocycles. The van der Waals surface area contributed by atoms with Gasteiger partial charge in [-0.05, 0) is 46.8 Å². The summed E-state index contributed by atoms with van der Waals surface area (Å²) in [5.74, 6) is -0.158. The van der Waals surface area contributed by atoms with Crippen molar-refractivity contribution in [3.63, 3.8) is 0 Å². The van der Waals surface area contributed by atoms with Crippen LogP contribution in [0.3, 0.4) is 0 Å². The SMILES string of the molecule is Cc1ccccc1Cn1ccc(NC(=O)Cn2nc(C(F)(F)F)c(Br)c2C2CC2)n1. The summed E-state index contributed by atoms with van der Waals surface area (Å²) in [7, 11) is 0. The second-order valence-electron chi connectivity index (χ2n) is 7.35. The molecule has 10 heteroatoms. The Morgan fingerprint density at radius 2 is 1.97 bits per heavy atom. The summed E-state index contributed by atoms with van der Waals surface area (Å²) in [5, 5.41) is 10.6. The van der Waals surface area contributed by atoms with Crippen LogP contribution in [0, 0.1) is 6.92 Å². The van der Waals surface area contributed by atoms with E-state index in [-0.39, 0.29) is 16.9 Å². The van der Waals surface area contributed by atoms with Crippen LogP contribution in [0.2, 0.25) is 0 Å². The highest BCUT2D eigenvalue weighted by Gasteiger charge is 2.41. The molecule has 3 aromatic rings. The minimum absolute atomic E-state index is 0.0101. The van der Waals surface area contributed by atoms with Gasteiger partial charge in [-0.15, -0.1) is 0 Å². The van der Waals surface area contributed by atoms with Gasteiger partial charge in [0, 0.05) is 18.2 Å². The third-order valence-corrected chi connectivity index (χ3v) is 5.74. The van der Waals surface area contributed by atoms with E-state index in [4.69, 9.17) is 0 Å². The van der Waals surface area contributed by atoms with Crippen molar-refractivity contribution in [1.29, 1.82) is 0 Å². The highest BCUT2D eigenvalue weighted by molar-refractivity contribution is 9.10. The van der Waals surface area contributed by atoms with Crippen molar-refractivity contribution in [1.82, 2.24) is 19.6 Å².